The van der Waals surface area contributed by atoms with Crippen molar-refractivity contribution in [3.05, 3.63) is 75.2 Å². The summed E-state index contributed by atoms with van der Waals surface area (Å²) in [5.41, 5.74) is 3.70. The summed E-state index contributed by atoms with van der Waals surface area (Å²) in [5, 5.41) is 0. The van der Waals surface area contributed by atoms with Crippen LogP contribution in [0.4, 0.5) is 0 Å². The third kappa shape index (κ3) is 3.31. The van der Waals surface area contributed by atoms with E-state index in [1.807, 2.05) is 56.3 Å². The third-order valence-corrected chi connectivity index (χ3v) is 4.04. The molecular weight excluding hydrogens is 316 g/mol. The minimum absolute atomic E-state index is 0.169. The van der Waals surface area contributed by atoms with Crippen molar-refractivity contribution in [3.8, 4) is 0 Å². The number of nitrogens with zero attached hydrogens (tertiary/aromatic N) is 2. The zero-order valence-corrected chi connectivity index (χ0v) is 14.6. The van der Waals surface area contributed by atoms with Gasteiger partial charge in [0.1, 0.15) is 0 Å². The van der Waals surface area contributed by atoms with Crippen molar-refractivity contribution in [1.29, 1.82) is 0 Å². The lowest BCUT2D eigenvalue weighted by atomic mass is 10.1. The number of esters is 1. The molecule has 0 aliphatic rings. The van der Waals surface area contributed by atoms with Crippen LogP contribution >= 0.6 is 0 Å². The van der Waals surface area contributed by atoms with Gasteiger partial charge in [-0.3, -0.25) is 4.79 Å². The lowest BCUT2D eigenvalue weighted by Gasteiger charge is -2.14. The number of hydrogen-bond acceptors (Lipinski definition) is 4. The Balaban J connectivity index is 2.29. The van der Waals surface area contributed by atoms with E-state index in [4.69, 9.17) is 4.74 Å². The molecule has 0 spiro atoms. The van der Waals surface area contributed by atoms with Gasteiger partial charge in [-0.25, -0.2) is 9.78 Å². The topological polar surface area (TPSA) is 61.2 Å². The van der Waals surface area contributed by atoms with E-state index < -0.39 is 11.5 Å². The van der Waals surface area contributed by atoms with E-state index >= 15 is 0 Å². The Labute approximate surface area is 145 Å². The van der Waals surface area contributed by atoms with Crippen molar-refractivity contribution < 1.29 is 9.53 Å². The van der Waals surface area contributed by atoms with Gasteiger partial charge < -0.3 is 9.30 Å². The second-order valence-corrected chi connectivity index (χ2v) is 6.01. The Morgan fingerprint density at radius 3 is 2.56 bits per heavy atom. The maximum atomic E-state index is 12.9. The lowest BCUT2D eigenvalue weighted by Crippen LogP contribution is -2.30. The van der Waals surface area contributed by atoms with Crippen LogP contribution < -0.4 is 5.56 Å². The van der Waals surface area contributed by atoms with Gasteiger partial charge in [0.25, 0.3) is 5.56 Å². The fourth-order valence-corrected chi connectivity index (χ4v) is 2.94. The summed E-state index contributed by atoms with van der Waals surface area (Å²) in [4.78, 5) is 29.4. The van der Waals surface area contributed by atoms with Crippen LogP contribution in [0, 0.1) is 13.8 Å². The highest BCUT2D eigenvalue weighted by Gasteiger charge is 2.19. The van der Waals surface area contributed by atoms with Gasteiger partial charge in [-0.05, 0) is 43.5 Å². The summed E-state index contributed by atoms with van der Waals surface area (Å²) >= 11 is 0. The van der Waals surface area contributed by atoms with E-state index in [9.17, 15) is 9.59 Å². The molecule has 0 saturated carbocycles. The quantitative estimate of drug-likeness (QED) is 0.686. The normalized spacial score (nSPS) is 10.8. The second-order valence-electron chi connectivity index (χ2n) is 6.01. The molecule has 0 bridgehead atoms. The van der Waals surface area contributed by atoms with Gasteiger partial charge in [-0.1, -0.05) is 36.4 Å². The van der Waals surface area contributed by atoms with Crippen molar-refractivity contribution in [3.63, 3.8) is 0 Å². The summed E-state index contributed by atoms with van der Waals surface area (Å²) in [6, 6.07) is 13.6. The summed E-state index contributed by atoms with van der Waals surface area (Å²) in [6.07, 6.45) is 0. The van der Waals surface area contributed by atoms with Crippen LogP contribution in [-0.2, 0) is 11.3 Å². The Kier molecular flexibility index (Phi) is 4.65. The summed E-state index contributed by atoms with van der Waals surface area (Å²) in [5.74, 6) is -0.684. The van der Waals surface area contributed by atoms with Crippen molar-refractivity contribution in [2.24, 2.45) is 0 Å². The number of carbonyl (C=O) groups is 1. The van der Waals surface area contributed by atoms with Crippen molar-refractivity contribution in [2.45, 2.75) is 27.3 Å². The molecule has 0 aliphatic heterocycles. The first-order chi connectivity index (χ1) is 12.0. The predicted octanol–water partition coefficient (Wildman–Crippen LogP) is 3.24. The smallest absolute Gasteiger partial charge is 0.362 e. The van der Waals surface area contributed by atoms with Gasteiger partial charge in [-0.2, -0.15) is 0 Å². The molecule has 25 heavy (non-hydrogen) atoms. The number of aromatic nitrogens is 2. The van der Waals surface area contributed by atoms with E-state index in [0.29, 0.717) is 12.1 Å². The number of ether oxygens (including phenoxy) is 1. The average molecular weight is 336 g/mol. The highest BCUT2D eigenvalue weighted by Crippen LogP contribution is 2.19. The largest absolute Gasteiger partial charge is 0.461 e. The molecule has 0 unspecified atom stereocenters. The molecule has 0 aliphatic carbocycles. The number of fused-ring (bicyclic) bond motifs is 1. The number of carbonyl (C=O) groups excluding carboxylic acids is 1. The molecule has 0 amide bonds. The number of rotatable bonds is 4. The zero-order valence-electron chi connectivity index (χ0n) is 14.6. The zero-order chi connectivity index (χ0) is 18.0. The van der Waals surface area contributed by atoms with Gasteiger partial charge in [-0.15, -0.1) is 0 Å². The minimum Gasteiger partial charge on any atom is -0.461 e. The minimum atomic E-state index is -0.684. The molecule has 5 nitrogen and oxygen atoms in total. The standard InChI is InChI=1S/C20H20N2O3/c1-4-25-20(24)18-19(23)22(12-15-8-6-5-7-9-15)16-11-13(2)10-14(3)17(16)21-18/h5-11H,4,12H2,1-3H3. The molecule has 3 aromatic rings. The molecule has 5 heteroatoms. The fourth-order valence-electron chi connectivity index (χ4n) is 2.94. The molecule has 128 valence electrons. The number of aryl methyl sites for hydroxylation is 2. The molecule has 0 radical (unpaired) electrons. The molecule has 3 rings (SSSR count). The Bertz CT molecular complexity index is 991. The van der Waals surface area contributed by atoms with Crippen LogP contribution in [0.5, 0.6) is 0 Å². The first-order valence-electron chi connectivity index (χ1n) is 8.24. The Hall–Kier alpha value is -2.95. The molecule has 0 atom stereocenters. The van der Waals surface area contributed by atoms with Crippen molar-refractivity contribution in [1.82, 2.24) is 9.55 Å². The molecule has 0 saturated heterocycles. The van der Waals surface area contributed by atoms with Gasteiger partial charge in [0, 0.05) is 0 Å². The van der Waals surface area contributed by atoms with E-state index in [-0.39, 0.29) is 12.3 Å². The fraction of sp³-hybridized carbons (Fsp3) is 0.250. The summed E-state index contributed by atoms with van der Waals surface area (Å²) < 4.78 is 6.61. The Morgan fingerprint density at radius 2 is 1.88 bits per heavy atom. The van der Waals surface area contributed by atoms with Crippen LogP contribution in [0.15, 0.2) is 47.3 Å². The summed E-state index contributed by atoms with van der Waals surface area (Å²) in [6.45, 7) is 6.17. The molecule has 1 heterocycles. The van der Waals surface area contributed by atoms with Crippen LogP contribution in [0.3, 0.4) is 0 Å². The first-order valence-corrected chi connectivity index (χ1v) is 8.24. The average Bonchev–Trinajstić information content (AvgIpc) is 2.58. The maximum absolute atomic E-state index is 12.9. The lowest BCUT2D eigenvalue weighted by molar-refractivity contribution is 0.0517. The van der Waals surface area contributed by atoms with Crippen LogP contribution in [-0.4, -0.2) is 22.1 Å². The highest BCUT2D eigenvalue weighted by atomic mass is 16.5. The van der Waals surface area contributed by atoms with E-state index in [1.165, 1.54) is 0 Å². The van der Waals surface area contributed by atoms with Crippen LogP contribution in [0.2, 0.25) is 0 Å². The number of benzene rings is 2. The van der Waals surface area contributed by atoms with Gasteiger partial charge in [0.2, 0.25) is 5.69 Å². The SMILES string of the molecule is CCOC(=O)c1nc2c(C)cc(C)cc2n(Cc2ccccc2)c1=O. The van der Waals surface area contributed by atoms with E-state index in [0.717, 1.165) is 22.2 Å². The molecule has 0 fully saturated rings. The predicted molar refractivity (Wildman–Crippen MR) is 97.0 cm³/mol. The highest BCUT2D eigenvalue weighted by molar-refractivity contribution is 5.90. The molecule has 0 N–H and O–H groups in total. The maximum Gasteiger partial charge on any atom is 0.362 e. The summed E-state index contributed by atoms with van der Waals surface area (Å²) in [7, 11) is 0. The van der Waals surface area contributed by atoms with Crippen molar-refractivity contribution in [2.75, 3.05) is 6.61 Å². The molecule has 1 aromatic heterocycles. The number of hydrogen-bond donors (Lipinski definition) is 0. The second kappa shape index (κ2) is 6.89. The van der Waals surface area contributed by atoms with E-state index in [2.05, 4.69) is 4.98 Å². The first kappa shape index (κ1) is 16.9. The van der Waals surface area contributed by atoms with Crippen LogP contribution in [0.1, 0.15) is 34.1 Å². The van der Waals surface area contributed by atoms with Gasteiger partial charge >= 0.3 is 5.97 Å². The van der Waals surface area contributed by atoms with Gasteiger partial charge in [0.15, 0.2) is 0 Å². The molecule has 2 aromatic carbocycles. The molecular formula is C20H20N2O3. The Morgan fingerprint density at radius 1 is 1.16 bits per heavy atom. The monoisotopic (exact) mass is 336 g/mol. The van der Waals surface area contributed by atoms with Crippen molar-refractivity contribution >= 4 is 17.0 Å². The van der Waals surface area contributed by atoms with Gasteiger partial charge in [0.05, 0.1) is 24.2 Å². The third-order valence-electron chi connectivity index (χ3n) is 4.04. The van der Waals surface area contributed by atoms with E-state index in [1.54, 1.807) is 11.5 Å². The van der Waals surface area contributed by atoms with Crippen LogP contribution in [0.25, 0.3) is 11.0 Å².